The van der Waals surface area contributed by atoms with Crippen LogP contribution in [-0.4, -0.2) is 11.4 Å². The fraction of sp³-hybridized carbons (Fsp3) is 0.350. The van der Waals surface area contributed by atoms with E-state index in [0.29, 0.717) is 0 Å². The van der Waals surface area contributed by atoms with Gasteiger partial charge in [0.15, 0.2) is 0 Å². The van der Waals surface area contributed by atoms with E-state index in [4.69, 9.17) is 0 Å². The summed E-state index contributed by atoms with van der Waals surface area (Å²) in [5.74, 6) is -0.0530. The largest absolute Gasteiger partial charge is 0.287 e. The molecule has 1 fully saturated rings. The van der Waals surface area contributed by atoms with Gasteiger partial charge in [0.2, 0.25) is 0 Å². The van der Waals surface area contributed by atoms with Crippen LogP contribution >= 0.6 is 0 Å². The highest BCUT2D eigenvalue weighted by molar-refractivity contribution is 6.04. The van der Waals surface area contributed by atoms with Gasteiger partial charge in [-0.05, 0) is 47.2 Å². The standard InChI is InChI=1S/C20H24N2O/c1-19(2,3)16-11-10-13-8-6-7-9-14(13)15(16)12-17-18(23)21-22-20(17,4)5/h6-12,22H,1-5H3,(H,21,23)/b17-12+. The van der Waals surface area contributed by atoms with Crippen molar-refractivity contribution in [2.45, 2.75) is 45.6 Å². The van der Waals surface area contributed by atoms with E-state index in [1.807, 2.05) is 19.9 Å². The molecule has 0 saturated carbocycles. The highest BCUT2D eigenvalue weighted by atomic mass is 16.2. The number of rotatable bonds is 1. The zero-order valence-electron chi connectivity index (χ0n) is 14.4. The zero-order valence-corrected chi connectivity index (χ0v) is 14.4. The Morgan fingerprint density at radius 1 is 1.04 bits per heavy atom. The predicted octanol–water partition coefficient (Wildman–Crippen LogP) is 3.93. The number of amides is 1. The third-order valence-corrected chi connectivity index (χ3v) is 4.47. The second-order valence-corrected chi connectivity index (χ2v) is 7.76. The first kappa shape index (κ1) is 15.8. The molecular weight excluding hydrogens is 284 g/mol. The van der Waals surface area contributed by atoms with Crippen LogP contribution in [0.4, 0.5) is 0 Å². The number of hydrazine groups is 1. The molecule has 2 aromatic rings. The summed E-state index contributed by atoms with van der Waals surface area (Å²) < 4.78 is 0. The van der Waals surface area contributed by atoms with Crippen LogP contribution in [0.5, 0.6) is 0 Å². The maximum Gasteiger partial charge on any atom is 0.263 e. The molecule has 1 amide bonds. The summed E-state index contributed by atoms with van der Waals surface area (Å²) in [4.78, 5) is 12.2. The molecule has 1 saturated heterocycles. The van der Waals surface area contributed by atoms with Gasteiger partial charge >= 0.3 is 0 Å². The number of hydrogen-bond acceptors (Lipinski definition) is 2. The first-order valence-corrected chi connectivity index (χ1v) is 8.02. The van der Waals surface area contributed by atoms with Crippen molar-refractivity contribution in [3.05, 3.63) is 53.1 Å². The summed E-state index contributed by atoms with van der Waals surface area (Å²) in [6.45, 7) is 10.6. The number of nitrogens with one attached hydrogen (secondary N) is 2. The van der Waals surface area contributed by atoms with E-state index in [9.17, 15) is 4.79 Å². The van der Waals surface area contributed by atoms with Crippen LogP contribution in [0, 0.1) is 0 Å². The smallest absolute Gasteiger partial charge is 0.263 e. The molecule has 0 aromatic heterocycles. The van der Waals surface area contributed by atoms with E-state index in [2.05, 4.69) is 68.0 Å². The third-order valence-electron chi connectivity index (χ3n) is 4.47. The number of fused-ring (bicyclic) bond motifs is 1. The monoisotopic (exact) mass is 308 g/mol. The average Bonchev–Trinajstić information content (AvgIpc) is 2.73. The Bertz CT molecular complexity index is 810. The van der Waals surface area contributed by atoms with Crippen molar-refractivity contribution in [1.29, 1.82) is 0 Å². The lowest BCUT2D eigenvalue weighted by Gasteiger charge is -2.24. The number of hydrogen-bond donors (Lipinski definition) is 2. The van der Waals surface area contributed by atoms with Gasteiger partial charge in [-0.3, -0.25) is 10.2 Å². The lowest BCUT2D eigenvalue weighted by Crippen LogP contribution is -2.38. The summed E-state index contributed by atoms with van der Waals surface area (Å²) >= 11 is 0. The van der Waals surface area contributed by atoms with Crippen LogP contribution in [-0.2, 0) is 10.2 Å². The molecule has 2 N–H and O–H groups in total. The molecule has 3 nitrogen and oxygen atoms in total. The Morgan fingerprint density at radius 2 is 1.74 bits per heavy atom. The van der Waals surface area contributed by atoms with E-state index in [0.717, 1.165) is 11.1 Å². The van der Waals surface area contributed by atoms with Gasteiger partial charge in [0.1, 0.15) is 0 Å². The Kier molecular flexibility index (Phi) is 3.56. The quantitative estimate of drug-likeness (QED) is 0.784. The second kappa shape index (κ2) is 5.20. The fourth-order valence-electron chi connectivity index (χ4n) is 3.13. The van der Waals surface area contributed by atoms with Gasteiger partial charge in [0, 0.05) is 5.57 Å². The van der Waals surface area contributed by atoms with Crippen molar-refractivity contribution < 1.29 is 4.79 Å². The molecule has 0 aliphatic carbocycles. The van der Waals surface area contributed by atoms with Gasteiger partial charge in [0.05, 0.1) is 5.54 Å². The van der Waals surface area contributed by atoms with Crippen molar-refractivity contribution in [3.63, 3.8) is 0 Å². The van der Waals surface area contributed by atoms with Crippen LogP contribution in [0.2, 0.25) is 0 Å². The van der Waals surface area contributed by atoms with Gasteiger partial charge in [-0.15, -0.1) is 0 Å². The number of benzene rings is 2. The predicted molar refractivity (Wildman–Crippen MR) is 96.0 cm³/mol. The summed E-state index contributed by atoms with van der Waals surface area (Å²) in [6, 6.07) is 12.7. The van der Waals surface area contributed by atoms with E-state index in [-0.39, 0.29) is 16.9 Å². The Labute approximate surface area is 137 Å². The molecule has 120 valence electrons. The van der Waals surface area contributed by atoms with Gasteiger partial charge < -0.3 is 0 Å². The lowest BCUT2D eigenvalue weighted by atomic mass is 9.80. The van der Waals surface area contributed by atoms with Gasteiger partial charge in [-0.25, -0.2) is 5.43 Å². The molecule has 0 radical (unpaired) electrons. The Balaban J connectivity index is 2.33. The Morgan fingerprint density at radius 3 is 2.35 bits per heavy atom. The first-order chi connectivity index (χ1) is 10.7. The molecule has 3 rings (SSSR count). The molecule has 3 heteroatoms. The third kappa shape index (κ3) is 2.77. The van der Waals surface area contributed by atoms with E-state index < -0.39 is 0 Å². The maximum absolute atomic E-state index is 12.2. The molecule has 23 heavy (non-hydrogen) atoms. The van der Waals surface area contributed by atoms with Crippen LogP contribution in [0.3, 0.4) is 0 Å². The van der Waals surface area contributed by atoms with Crippen molar-refractivity contribution in [1.82, 2.24) is 10.9 Å². The van der Waals surface area contributed by atoms with Gasteiger partial charge in [-0.2, -0.15) is 0 Å². The maximum atomic E-state index is 12.2. The fourth-order valence-corrected chi connectivity index (χ4v) is 3.13. The summed E-state index contributed by atoms with van der Waals surface area (Å²) in [5.41, 5.74) is 8.55. The van der Waals surface area contributed by atoms with Crippen molar-refractivity contribution in [3.8, 4) is 0 Å². The molecule has 1 heterocycles. The highest BCUT2D eigenvalue weighted by Crippen LogP contribution is 2.34. The van der Waals surface area contributed by atoms with E-state index >= 15 is 0 Å². The van der Waals surface area contributed by atoms with Gasteiger partial charge in [-0.1, -0.05) is 57.2 Å². The van der Waals surface area contributed by atoms with Crippen LogP contribution in [0.25, 0.3) is 16.8 Å². The van der Waals surface area contributed by atoms with E-state index in [1.54, 1.807) is 0 Å². The average molecular weight is 308 g/mol. The minimum atomic E-state index is -0.386. The summed E-state index contributed by atoms with van der Waals surface area (Å²) in [5, 5.41) is 2.37. The summed E-state index contributed by atoms with van der Waals surface area (Å²) in [6.07, 6.45) is 2.05. The SMILES string of the molecule is CC1(C)NNC(=O)/C1=C\c1c(C(C)(C)C)ccc2ccccc12. The van der Waals surface area contributed by atoms with Crippen molar-refractivity contribution in [2.24, 2.45) is 0 Å². The number of carbonyl (C=O) groups excluding carboxylic acids is 1. The molecular formula is C20H24N2O. The minimum Gasteiger partial charge on any atom is -0.287 e. The molecule has 0 bridgehead atoms. The minimum absolute atomic E-state index is 0.00305. The number of carbonyl (C=O) groups is 1. The molecule has 2 aromatic carbocycles. The normalized spacial score (nSPS) is 19.3. The second-order valence-electron chi connectivity index (χ2n) is 7.76. The molecule has 1 aliphatic heterocycles. The lowest BCUT2D eigenvalue weighted by molar-refractivity contribution is -0.116. The van der Waals surface area contributed by atoms with Crippen LogP contribution < -0.4 is 10.9 Å². The molecule has 1 aliphatic rings. The van der Waals surface area contributed by atoms with E-state index in [1.165, 1.54) is 16.3 Å². The van der Waals surface area contributed by atoms with Crippen molar-refractivity contribution in [2.75, 3.05) is 0 Å². The van der Waals surface area contributed by atoms with Crippen LogP contribution in [0.1, 0.15) is 45.7 Å². The zero-order chi connectivity index (χ0) is 16.8. The van der Waals surface area contributed by atoms with Crippen molar-refractivity contribution >= 4 is 22.8 Å². The van der Waals surface area contributed by atoms with Crippen LogP contribution in [0.15, 0.2) is 42.0 Å². The topological polar surface area (TPSA) is 41.1 Å². The molecule has 0 spiro atoms. The molecule has 0 unspecified atom stereocenters. The highest BCUT2D eigenvalue weighted by Gasteiger charge is 2.35. The Hall–Kier alpha value is -2.13. The van der Waals surface area contributed by atoms with Gasteiger partial charge in [0.25, 0.3) is 5.91 Å². The molecule has 0 atom stereocenters. The first-order valence-electron chi connectivity index (χ1n) is 8.02. The summed E-state index contributed by atoms with van der Waals surface area (Å²) in [7, 11) is 0.